The Hall–Kier alpha value is -2.97. The van der Waals surface area contributed by atoms with Gasteiger partial charge in [-0.2, -0.15) is 4.31 Å². The maximum atomic E-state index is 13.1. The second-order valence-electron chi connectivity index (χ2n) is 7.42. The van der Waals surface area contributed by atoms with Crippen LogP contribution in [0.2, 0.25) is 0 Å². The fourth-order valence-corrected chi connectivity index (χ4v) is 5.28. The molecule has 0 aliphatic carbocycles. The summed E-state index contributed by atoms with van der Waals surface area (Å²) in [7, 11) is -3.76. The zero-order valence-electron chi connectivity index (χ0n) is 17.3. The Morgan fingerprint density at radius 2 is 1.71 bits per heavy atom. The van der Waals surface area contributed by atoms with Gasteiger partial charge in [0.25, 0.3) is 0 Å². The molecule has 31 heavy (non-hydrogen) atoms. The summed E-state index contributed by atoms with van der Waals surface area (Å²) in [6, 6.07) is 15.6. The molecule has 162 valence electrons. The van der Waals surface area contributed by atoms with E-state index in [1.807, 2.05) is 30.3 Å². The van der Waals surface area contributed by atoms with Gasteiger partial charge in [0.1, 0.15) is 18.1 Å². The van der Waals surface area contributed by atoms with Crippen molar-refractivity contribution in [1.29, 1.82) is 0 Å². The molecule has 7 nitrogen and oxygen atoms in total. The number of hydrogen-bond donors (Lipinski definition) is 0. The molecule has 0 atom stereocenters. The van der Waals surface area contributed by atoms with Gasteiger partial charge in [-0.3, -0.25) is 0 Å². The summed E-state index contributed by atoms with van der Waals surface area (Å²) in [5, 5.41) is 0. The first-order chi connectivity index (χ1) is 15.0. The monoisotopic (exact) mass is 440 g/mol. The second-order valence-corrected chi connectivity index (χ2v) is 9.33. The minimum absolute atomic E-state index is 0.0243. The standard InChI is InChI=1S/C23H24N2O5S/c1-17-20(24-22(30-17)18-10-4-2-5-11-18)16-29-23(26)19-12-6-7-13-21(19)31(27,28)25-14-8-3-9-15-25/h2,4-7,10-13H,3,8-9,14-16H2,1H3. The average Bonchev–Trinajstić information content (AvgIpc) is 3.19. The molecule has 0 spiro atoms. The van der Waals surface area contributed by atoms with E-state index in [1.54, 1.807) is 19.1 Å². The summed E-state index contributed by atoms with van der Waals surface area (Å²) in [4.78, 5) is 17.2. The van der Waals surface area contributed by atoms with Crippen molar-refractivity contribution in [1.82, 2.24) is 9.29 Å². The van der Waals surface area contributed by atoms with Gasteiger partial charge in [0.2, 0.25) is 15.9 Å². The maximum absolute atomic E-state index is 13.1. The van der Waals surface area contributed by atoms with Gasteiger partial charge in [0, 0.05) is 18.7 Å². The van der Waals surface area contributed by atoms with Gasteiger partial charge in [-0.1, -0.05) is 36.8 Å². The van der Waals surface area contributed by atoms with Crippen LogP contribution in [0.15, 0.2) is 63.9 Å². The smallest absolute Gasteiger partial charge is 0.339 e. The highest BCUT2D eigenvalue weighted by Crippen LogP contribution is 2.25. The van der Waals surface area contributed by atoms with Crippen molar-refractivity contribution in [2.45, 2.75) is 37.7 Å². The Bertz CT molecular complexity index is 1170. The van der Waals surface area contributed by atoms with Crippen molar-refractivity contribution in [3.8, 4) is 11.5 Å². The summed E-state index contributed by atoms with van der Waals surface area (Å²) >= 11 is 0. The van der Waals surface area contributed by atoms with Crippen LogP contribution in [0.3, 0.4) is 0 Å². The summed E-state index contributed by atoms with van der Waals surface area (Å²) in [6.07, 6.45) is 2.65. The predicted molar refractivity (Wildman–Crippen MR) is 115 cm³/mol. The SMILES string of the molecule is Cc1oc(-c2ccccc2)nc1COC(=O)c1ccccc1S(=O)(=O)N1CCCCC1. The number of rotatable bonds is 6. The number of ether oxygens (including phenoxy) is 1. The zero-order chi connectivity index (χ0) is 21.8. The second kappa shape index (κ2) is 9.03. The fraction of sp³-hybridized carbons (Fsp3) is 0.304. The first-order valence-electron chi connectivity index (χ1n) is 10.2. The molecule has 2 heterocycles. The van der Waals surface area contributed by atoms with Crippen molar-refractivity contribution in [2.24, 2.45) is 0 Å². The van der Waals surface area contributed by atoms with Crippen LogP contribution >= 0.6 is 0 Å². The highest BCUT2D eigenvalue weighted by Gasteiger charge is 2.30. The van der Waals surface area contributed by atoms with E-state index < -0.39 is 16.0 Å². The number of oxazole rings is 1. The number of carbonyl (C=O) groups is 1. The van der Waals surface area contributed by atoms with Crippen LogP contribution in [-0.4, -0.2) is 36.8 Å². The molecule has 2 aromatic carbocycles. The van der Waals surface area contributed by atoms with E-state index in [1.165, 1.54) is 16.4 Å². The van der Waals surface area contributed by atoms with Crippen LogP contribution in [-0.2, 0) is 21.4 Å². The van der Waals surface area contributed by atoms with Gasteiger partial charge in [-0.25, -0.2) is 18.2 Å². The number of benzene rings is 2. The Morgan fingerprint density at radius 1 is 1.03 bits per heavy atom. The molecule has 4 rings (SSSR count). The summed E-state index contributed by atoms with van der Waals surface area (Å²) in [5.74, 6) is 0.276. The van der Waals surface area contributed by atoms with Crippen LogP contribution in [0, 0.1) is 6.92 Å². The van der Waals surface area contributed by atoms with Crippen LogP contribution in [0.25, 0.3) is 11.5 Å². The Labute approximate surface area is 181 Å². The van der Waals surface area contributed by atoms with Crippen LogP contribution in [0.5, 0.6) is 0 Å². The molecule has 1 aromatic heterocycles. The number of carbonyl (C=O) groups excluding carboxylic acids is 1. The number of sulfonamides is 1. The van der Waals surface area contributed by atoms with Crippen LogP contribution < -0.4 is 0 Å². The molecule has 1 fully saturated rings. The van der Waals surface area contributed by atoms with E-state index in [9.17, 15) is 13.2 Å². The highest BCUT2D eigenvalue weighted by atomic mass is 32.2. The third-order valence-corrected chi connectivity index (χ3v) is 7.25. The molecule has 0 radical (unpaired) electrons. The van der Waals surface area contributed by atoms with Crippen molar-refractivity contribution in [2.75, 3.05) is 13.1 Å². The lowest BCUT2D eigenvalue weighted by atomic mass is 10.2. The number of piperidine rings is 1. The topological polar surface area (TPSA) is 89.7 Å². The number of hydrogen-bond acceptors (Lipinski definition) is 6. The molecule has 0 N–H and O–H groups in total. The van der Waals surface area contributed by atoms with Gasteiger partial charge in [0.05, 0.1) is 10.5 Å². The van der Waals surface area contributed by atoms with Crippen LogP contribution in [0.4, 0.5) is 0 Å². The first kappa shape index (κ1) is 21.3. The molecule has 0 amide bonds. The first-order valence-corrected chi connectivity index (χ1v) is 11.7. The van der Waals surface area contributed by atoms with Gasteiger partial charge in [0.15, 0.2) is 0 Å². The summed E-state index contributed by atoms with van der Waals surface area (Å²) < 4.78 is 38.7. The molecule has 1 saturated heterocycles. The lowest BCUT2D eigenvalue weighted by molar-refractivity contribution is 0.0462. The van der Waals surface area contributed by atoms with Crippen molar-refractivity contribution >= 4 is 16.0 Å². The number of aryl methyl sites for hydroxylation is 1. The molecule has 1 aliphatic heterocycles. The molecule has 8 heteroatoms. The molecule has 0 unspecified atom stereocenters. The van der Waals surface area contributed by atoms with E-state index in [4.69, 9.17) is 9.15 Å². The van der Waals surface area contributed by atoms with Gasteiger partial charge in [-0.05, 0) is 44.0 Å². The quantitative estimate of drug-likeness (QED) is 0.534. The molecular formula is C23H24N2O5S. The minimum atomic E-state index is -3.76. The zero-order valence-corrected chi connectivity index (χ0v) is 18.1. The number of aromatic nitrogens is 1. The Balaban J connectivity index is 1.52. The van der Waals surface area contributed by atoms with Crippen LogP contribution in [0.1, 0.15) is 41.1 Å². The van der Waals surface area contributed by atoms with E-state index in [0.717, 1.165) is 24.8 Å². The Morgan fingerprint density at radius 3 is 2.45 bits per heavy atom. The Kier molecular flexibility index (Phi) is 6.20. The average molecular weight is 441 g/mol. The van der Waals surface area contributed by atoms with E-state index in [2.05, 4.69) is 4.98 Å². The summed E-state index contributed by atoms with van der Waals surface area (Å²) in [5.41, 5.74) is 1.34. The van der Waals surface area contributed by atoms with Gasteiger partial charge in [-0.15, -0.1) is 0 Å². The van der Waals surface area contributed by atoms with E-state index >= 15 is 0 Å². The molecule has 3 aromatic rings. The molecule has 0 saturated carbocycles. The van der Waals surface area contributed by atoms with E-state index in [0.29, 0.717) is 30.4 Å². The fourth-order valence-electron chi connectivity index (χ4n) is 3.58. The van der Waals surface area contributed by atoms with Crippen molar-refractivity contribution in [3.63, 3.8) is 0 Å². The van der Waals surface area contributed by atoms with E-state index in [-0.39, 0.29) is 17.1 Å². The molecule has 0 bridgehead atoms. The highest BCUT2D eigenvalue weighted by molar-refractivity contribution is 7.89. The van der Waals surface area contributed by atoms with Crippen molar-refractivity contribution in [3.05, 3.63) is 71.6 Å². The van der Waals surface area contributed by atoms with Gasteiger partial charge >= 0.3 is 5.97 Å². The summed E-state index contributed by atoms with van der Waals surface area (Å²) in [6.45, 7) is 2.56. The maximum Gasteiger partial charge on any atom is 0.339 e. The third kappa shape index (κ3) is 4.55. The molecule has 1 aliphatic rings. The lowest BCUT2D eigenvalue weighted by Gasteiger charge is -2.26. The molecular weight excluding hydrogens is 416 g/mol. The number of nitrogens with zero attached hydrogens (tertiary/aromatic N) is 2. The lowest BCUT2D eigenvalue weighted by Crippen LogP contribution is -2.36. The third-order valence-electron chi connectivity index (χ3n) is 5.29. The number of esters is 1. The normalized spacial score (nSPS) is 15.0. The van der Waals surface area contributed by atoms with Gasteiger partial charge < -0.3 is 9.15 Å². The largest absolute Gasteiger partial charge is 0.455 e. The minimum Gasteiger partial charge on any atom is -0.455 e. The van der Waals surface area contributed by atoms with Crippen molar-refractivity contribution < 1.29 is 22.4 Å². The predicted octanol–water partition coefficient (Wildman–Crippen LogP) is 4.18.